The van der Waals surface area contributed by atoms with Crippen LogP contribution in [0, 0.1) is 0 Å². The number of carbonyl (C=O) groups excluding carboxylic acids is 1. The number of carbonyl (C=O) groups is 1. The standard InChI is InChI=1S/C16H16N6O/c23-16(20-10-5-15(12-20)22-18-7-8-19-22)13-3-1-4-14(11-13)21-9-2-6-17-21/h1-4,6-9,11,15H,5,10,12H2. The van der Waals surface area contributed by atoms with Crippen molar-refractivity contribution in [2.45, 2.75) is 12.5 Å². The molecule has 3 aromatic rings. The van der Waals surface area contributed by atoms with Crippen LogP contribution < -0.4 is 0 Å². The van der Waals surface area contributed by atoms with Gasteiger partial charge in [0.05, 0.1) is 24.1 Å². The Balaban J connectivity index is 1.52. The Hall–Kier alpha value is -2.96. The molecule has 0 bridgehead atoms. The Morgan fingerprint density at radius 1 is 1.09 bits per heavy atom. The highest BCUT2D eigenvalue weighted by Crippen LogP contribution is 2.22. The highest BCUT2D eigenvalue weighted by atomic mass is 16.2. The quantitative estimate of drug-likeness (QED) is 0.736. The predicted octanol–water partition coefficient (Wildman–Crippen LogP) is 1.55. The van der Waals surface area contributed by atoms with Crippen LogP contribution in [0.25, 0.3) is 5.69 Å². The summed E-state index contributed by atoms with van der Waals surface area (Å²) in [5.41, 5.74) is 1.55. The van der Waals surface area contributed by atoms with E-state index in [2.05, 4.69) is 15.3 Å². The molecule has 1 saturated heterocycles. The van der Waals surface area contributed by atoms with Gasteiger partial charge in [-0.2, -0.15) is 20.1 Å². The van der Waals surface area contributed by atoms with Crippen molar-refractivity contribution >= 4 is 5.91 Å². The van der Waals surface area contributed by atoms with Gasteiger partial charge < -0.3 is 4.90 Å². The zero-order valence-corrected chi connectivity index (χ0v) is 12.5. The average Bonchev–Trinajstić information content (AvgIpc) is 3.36. The van der Waals surface area contributed by atoms with Crippen molar-refractivity contribution in [1.29, 1.82) is 0 Å². The second-order valence-corrected chi connectivity index (χ2v) is 5.54. The van der Waals surface area contributed by atoms with E-state index in [1.54, 1.807) is 28.1 Å². The fraction of sp³-hybridized carbons (Fsp3) is 0.250. The van der Waals surface area contributed by atoms with Gasteiger partial charge in [-0.3, -0.25) is 4.79 Å². The lowest BCUT2D eigenvalue weighted by Gasteiger charge is -2.17. The summed E-state index contributed by atoms with van der Waals surface area (Å²) in [5, 5.41) is 12.5. The van der Waals surface area contributed by atoms with E-state index in [-0.39, 0.29) is 11.9 Å². The van der Waals surface area contributed by atoms with Gasteiger partial charge in [-0.25, -0.2) is 4.68 Å². The van der Waals surface area contributed by atoms with Crippen molar-refractivity contribution < 1.29 is 4.79 Å². The molecule has 0 aliphatic carbocycles. The second kappa shape index (κ2) is 5.68. The minimum Gasteiger partial charge on any atom is -0.336 e. The van der Waals surface area contributed by atoms with Crippen LogP contribution in [0.15, 0.2) is 55.1 Å². The largest absolute Gasteiger partial charge is 0.336 e. The Morgan fingerprint density at radius 3 is 2.74 bits per heavy atom. The maximum Gasteiger partial charge on any atom is 0.254 e. The fourth-order valence-corrected chi connectivity index (χ4v) is 2.91. The third-order valence-electron chi connectivity index (χ3n) is 4.08. The molecule has 1 atom stereocenters. The summed E-state index contributed by atoms with van der Waals surface area (Å²) in [6.07, 6.45) is 7.78. The molecule has 1 amide bonds. The second-order valence-electron chi connectivity index (χ2n) is 5.54. The van der Waals surface area contributed by atoms with Crippen LogP contribution in [0.3, 0.4) is 0 Å². The maximum atomic E-state index is 12.7. The maximum absolute atomic E-state index is 12.7. The lowest BCUT2D eigenvalue weighted by Crippen LogP contribution is -2.29. The molecule has 7 heteroatoms. The monoisotopic (exact) mass is 308 g/mol. The van der Waals surface area contributed by atoms with Crippen LogP contribution in [0.5, 0.6) is 0 Å². The van der Waals surface area contributed by atoms with Crippen molar-refractivity contribution in [3.05, 3.63) is 60.7 Å². The lowest BCUT2D eigenvalue weighted by molar-refractivity contribution is 0.0786. The van der Waals surface area contributed by atoms with Crippen molar-refractivity contribution in [2.24, 2.45) is 0 Å². The van der Waals surface area contributed by atoms with E-state index in [0.29, 0.717) is 12.1 Å². The molecule has 7 nitrogen and oxygen atoms in total. The zero-order chi connectivity index (χ0) is 15.6. The molecule has 1 aliphatic heterocycles. The SMILES string of the molecule is O=C(c1cccc(-n2cccn2)c1)N1CCC(n2nccn2)C1. The van der Waals surface area contributed by atoms with Crippen LogP contribution in [0.2, 0.25) is 0 Å². The summed E-state index contributed by atoms with van der Waals surface area (Å²) in [6.45, 7) is 1.36. The van der Waals surface area contributed by atoms with E-state index < -0.39 is 0 Å². The van der Waals surface area contributed by atoms with Crippen LogP contribution in [0.1, 0.15) is 22.8 Å². The summed E-state index contributed by atoms with van der Waals surface area (Å²) in [7, 11) is 0. The van der Waals surface area contributed by atoms with Crippen LogP contribution >= 0.6 is 0 Å². The molecule has 1 aliphatic rings. The van der Waals surface area contributed by atoms with E-state index in [4.69, 9.17) is 0 Å². The summed E-state index contributed by atoms with van der Waals surface area (Å²) in [4.78, 5) is 16.3. The molecule has 2 aromatic heterocycles. The Kier molecular flexibility index (Phi) is 3.38. The number of amides is 1. The third-order valence-corrected chi connectivity index (χ3v) is 4.08. The van der Waals surface area contributed by atoms with Crippen molar-refractivity contribution in [2.75, 3.05) is 13.1 Å². The zero-order valence-electron chi connectivity index (χ0n) is 12.5. The number of likely N-dealkylation sites (tertiary alicyclic amines) is 1. The van der Waals surface area contributed by atoms with Crippen LogP contribution in [0.4, 0.5) is 0 Å². The van der Waals surface area contributed by atoms with Crippen LogP contribution in [-0.2, 0) is 0 Å². The third kappa shape index (κ3) is 2.61. The van der Waals surface area contributed by atoms with Crippen molar-refractivity contribution in [3.8, 4) is 5.69 Å². The molecule has 1 aromatic carbocycles. The minimum atomic E-state index is 0.0358. The van der Waals surface area contributed by atoms with Gasteiger partial charge in [0.25, 0.3) is 5.91 Å². The van der Waals surface area contributed by atoms with E-state index in [1.165, 1.54) is 0 Å². The summed E-state index contributed by atoms with van der Waals surface area (Å²) < 4.78 is 1.75. The fourth-order valence-electron chi connectivity index (χ4n) is 2.91. The number of aromatic nitrogens is 5. The molecule has 23 heavy (non-hydrogen) atoms. The molecular formula is C16H16N6O. The van der Waals surface area contributed by atoms with E-state index >= 15 is 0 Å². The molecule has 116 valence electrons. The normalized spacial score (nSPS) is 17.6. The van der Waals surface area contributed by atoms with Gasteiger partial charge in [0.2, 0.25) is 0 Å². The molecule has 4 rings (SSSR count). The highest BCUT2D eigenvalue weighted by molar-refractivity contribution is 5.95. The van der Waals surface area contributed by atoms with Gasteiger partial charge in [-0.05, 0) is 30.7 Å². The first-order valence-electron chi connectivity index (χ1n) is 7.56. The molecule has 3 heterocycles. The summed E-state index contributed by atoms with van der Waals surface area (Å²) in [6, 6.07) is 9.54. The van der Waals surface area contributed by atoms with Gasteiger partial charge in [-0.15, -0.1) is 0 Å². The Bertz CT molecular complexity index is 796. The van der Waals surface area contributed by atoms with Gasteiger partial charge >= 0.3 is 0 Å². The van der Waals surface area contributed by atoms with Gasteiger partial charge in [0, 0.05) is 31.0 Å². The molecule has 0 saturated carbocycles. The van der Waals surface area contributed by atoms with Crippen LogP contribution in [-0.4, -0.2) is 48.7 Å². The Morgan fingerprint density at radius 2 is 1.96 bits per heavy atom. The van der Waals surface area contributed by atoms with Crippen molar-refractivity contribution in [3.63, 3.8) is 0 Å². The van der Waals surface area contributed by atoms with Gasteiger partial charge in [0.1, 0.15) is 0 Å². The van der Waals surface area contributed by atoms with Crippen molar-refractivity contribution in [1.82, 2.24) is 29.7 Å². The van der Waals surface area contributed by atoms with E-state index in [9.17, 15) is 4.79 Å². The predicted molar refractivity (Wildman–Crippen MR) is 83.1 cm³/mol. The molecule has 1 unspecified atom stereocenters. The topological polar surface area (TPSA) is 68.8 Å². The molecule has 1 fully saturated rings. The highest BCUT2D eigenvalue weighted by Gasteiger charge is 2.29. The van der Waals surface area contributed by atoms with Gasteiger partial charge in [-0.1, -0.05) is 6.07 Å². The first-order valence-corrected chi connectivity index (χ1v) is 7.56. The number of hydrogen-bond donors (Lipinski definition) is 0. The first-order chi connectivity index (χ1) is 11.3. The molecule has 0 spiro atoms. The number of benzene rings is 1. The smallest absolute Gasteiger partial charge is 0.254 e. The molecule has 0 N–H and O–H groups in total. The van der Waals surface area contributed by atoms with E-state index in [1.807, 2.05) is 41.4 Å². The number of rotatable bonds is 3. The lowest BCUT2D eigenvalue weighted by atomic mass is 10.2. The Labute approximate surface area is 133 Å². The minimum absolute atomic E-state index is 0.0358. The van der Waals surface area contributed by atoms with E-state index in [0.717, 1.165) is 18.7 Å². The molecule has 0 radical (unpaired) electrons. The number of hydrogen-bond acceptors (Lipinski definition) is 4. The number of nitrogens with zero attached hydrogens (tertiary/aromatic N) is 6. The summed E-state index contributed by atoms with van der Waals surface area (Å²) in [5.74, 6) is 0.0358. The summed E-state index contributed by atoms with van der Waals surface area (Å²) >= 11 is 0. The van der Waals surface area contributed by atoms with Gasteiger partial charge in [0.15, 0.2) is 0 Å². The molecular weight excluding hydrogens is 292 g/mol. The average molecular weight is 308 g/mol. The first kappa shape index (κ1) is 13.7.